The molecular formula is C21H23N5O3. The van der Waals surface area contributed by atoms with E-state index in [1.54, 1.807) is 25.3 Å². The van der Waals surface area contributed by atoms with Crippen molar-refractivity contribution in [2.75, 3.05) is 11.9 Å². The lowest BCUT2D eigenvalue weighted by Gasteiger charge is -2.33. The van der Waals surface area contributed by atoms with E-state index in [1.165, 1.54) is 0 Å². The van der Waals surface area contributed by atoms with Crippen LogP contribution in [0, 0.1) is 6.92 Å². The lowest BCUT2D eigenvalue weighted by Crippen LogP contribution is -2.46. The number of piperidine rings is 1. The molecule has 150 valence electrons. The van der Waals surface area contributed by atoms with Gasteiger partial charge in [0.05, 0.1) is 24.5 Å². The fourth-order valence-electron chi connectivity index (χ4n) is 3.40. The number of carbonyl (C=O) groups excluding carboxylic acids is 1. The van der Waals surface area contributed by atoms with Crippen LogP contribution in [0.3, 0.4) is 0 Å². The van der Waals surface area contributed by atoms with Gasteiger partial charge in [0.25, 0.3) is 0 Å². The zero-order valence-electron chi connectivity index (χ0n) is 16.2. The molecule has 4 rings (SSSR count). The molecule has 0 spiro atoms. The fraction of sp³-hybridized carbons (Fsp3) is 0.333. The Balaban J connectivity index is 1.38. The van der Waals surface area contributed by atoms with Crippen LogP contribution in [0.5, 0.6) is 11.6 Å². The first-order valence-corrected chi connectivity index (χ1v) is 9.70. The molecule has 1 fully saturated rings. The van der Waals surface area contributed by atoms with Crippen molar-refractivity contribution in [2.24, 2.45) is 0 Å². The SMILES string of the molecule is Cc1noc(CN2CCCC[C@H]2C(=O)Nc2ccc(Oc3ccccc3)nc2)n1. The second-order valence-corrected chi connectivity index (χ2v) is 7.01. The molecule has 1 aromatic carbocycles. The van der Waals surface area contributed by atoms with E-state index in [0.29, 0.717) is 35.6 Å². The van der Waals surface area contributed by atoms with Crippen LogP contribution < -0.4 is 10.1 Å². The number of likely N-dealkylation sites (tertiary alicyclic amines) is 1. The third kappa shape index (κ3) is 4.97. The van der Waals surface area contributed by atoms with Crippen LogP contribution in [-0.2, 0) is 11.3 Å². The van der Waals surface area contributed by atoms with Gasteiger partial charge in [0.2, 0.25) is 17.7 Å². The number of ether oxygens (including phenoxy) is 1. The summed E-state index contributed by atoms with van der Waals surface area (Å²) >= 11 is 0. The summed E-state index contributed by atoms with van der Waals surface area (Å²) in [6.07, 6.45) is 4.45. The minimum atomic E-state index is -0.240. The molecule has 1 N–H and O–H groups in total. The van der Waals surface area contributed by atoms with Crippen molar-refractivity contribution in [1.82, 2.24) is 20.0 Å². The van der Waals surface area contributed by atoms with Crippen LogP contribution in [-0.4, -0.2) is 38.5 Å². The van der Waals surface area contributed by atoms with E-state index in [0.717, 1.165) is 25.8 Å². The molecule has 8 heteroatoms. The summed E-state index contributed by atoms with van der Waals surface area (Å²) < 4.78 is 10.9. The lowest BCUT2D eigenvalue weighted by atomic mass is 10.0. The smallest absolute Gasteiger partial charge is 0.241 e. The van der Waals surface area contributed by atoms with Gasteiger partial charge >= 0.3 is 0 Å². The number of para-hydroxylation sites is 1. The highest BCUT2D eigenvalue weighted by Crippen LogP contribution is 2.23. The maximum Gasteiger partial charge on any atom is 0.241 e. The van der Waals surface area contributed by atoms with Gasteiger partial charge in [-0.25, -0.2) is 4.98 Å². The number of anilines is 1. The number of aryl methyl sites for hydroxylation is 1. The Hall–Kier alpha value is -3.26. The van der Waals surface area contributed by atoms with Crippen molar-refractivity contribution in [3.8, 4) is 11.6 Å². The average Bonchev–Trinajstić information content (AvgIpc) is 3.15. The molecule has 2 aromatic heterocycles. The van der Waals surface area contributed by atoms with Gasteiger partial charge in [0, 0.05) is 6.07 Å². The number of hydrogen-bond acceptors (Lipinski definition) is 7. The number of nitrogens with zero attached hydrogens (tertiary/aromatic N) is 4. The molecule has 0 unspecified atom stereocenters. The van der Waals surface area contributed by atoms with Gasteiger partial charge in [-0.1, -0.05) is 29.8 Å². The largest absolute Gasteiger partial charge is 0.439 e. The van der Waals surface area contributed by atoms with E-state index >= 15 is 0 Å². The second-order valence-electron chi connectivity index (χ2n) is 7.01. The lowest BCUT2D eigenvalue weighted by molar-refractivity contribution is -0.122. The Kier molecular flexibility index (Phi) is 5.81. The van der Waals surface area contributed by atoms with Crippen LogP contribution in [0.2, 0.25) is 0 Å². The summed E-state index contributed by atoms with van der Waals surface area (Å²) in [5.74, 6) is 2.26. The molecule has 29 heavy (non-hydrogen) atoms. The van der Waals surface area contributed by atoms with Crippen LogP contribution in [0.15, 0.2) is 53.2 Å². The van der Waals surface area contributed by atoms with E-state index in [1.807, 2.05) is 30.3 Å². The first kappa shape index (κ1) is 19.1. The predicted octanol–water partition coefficient (Wildman–Crippen LogP) is 3.56. The molecule has 0 radical (unpaired) electrons. The molecule has 3 aromatic rings. The number of aromatic nitrogens is 3. The van der Waals surface area contributed by atoms with Crippen molar-refractivity contribution in [1.29, 1.82) is 0 Å². The normalized spacial score (nSPS) is 17.1. The number of carbonyl (C=O) groups is 1. The zero-order valence-corrected chi connectivity index (χ0v) is 16.2. The van der Waals surface area contributed by atoms with E-state index in [4.69, 9.17) is 9.26 Å². The van der Waals surface area contributed by atoms with Gasteiger partial charge < -0.3 is 14.6 Å². The summed E-state index contributed by atoms with van der Waals surface area (Å²) in [5.41, 5.74) is 0.634. The number of benzene rings is 1. The summed E-state index contributed by atoms with van der Waals surface area (Å²) in [6, 6.07) is 12.7. The molecule has 8 nitrogen and oxygen atoms in total. The first-order chi connectivity index (χ1) is 14.2. The summed E-state index contributed by atoms with van der Waals surface area (Å²) in [5, 5.41) is 6.78. The topological polar surface area (TPSA) is 93.4 Å². The van der Waals surface area contributed by atoms with Crippen molar-refractivity contribution in [3.05, 3.63) is 60.4 Å². The predicted molar refractivity (Wildman–Crippen MR) is 106 cm³/mol. The highest BCUT2D eigenvalue weighted by molar-refractivity contribution is 5.94. The third-order valence-electron chi connectivity index (χ3n) is 4.79. The number of rotatable bonds is 6. The Bertz CT molecular complexity index is 942. The van der Waals surface area contributed by atoms with Gasteiger partial charge in [-0.05, 0) is 44.5 Å². The van der Waals surface area contributed by atoms with E-state index in [-0.39, 0.29) is 11.9 Å². The number of amides is 1. The summed E-state index contributed by atoms with van der Waals surface area (Å²) in [7, 11) is 0. The van der Waals surface area contributed by atoms with Gasteiger partial charge in [-0.3, -0.25) is 9.69 Å². The van der Waals surface area contributed by atoms with Crippen molar-refractivity contribution in [2.45, 2.75) is 38.8 Å². The summed E-state index contributed by atoms with van der Waals surface area (Å²) in [4.78, 5) is 23.5. The summed E-state index contributed by atoms with van der Waals surface area (Å²) in [6.45, 7) is 3.08. The van der Waals surface area contributed by atoms with Crippen LogP contribution in [0.4, 0.5) is 5.69 Å². The van der Waals surface area contributed by atoms with Gasteiger partial charge in [-0.15, -0.1) is 0 Å². The van der Waals surface area contributed by atoms with Crippen LogP contribution >= 0.6 is 0 Å². The standard InChI is InChI=1S/C21H23N5O3/c1-15-23-20(29-25-15)14-26-12-6-5-9-18(26)21(27)24-16-10-11-19(22-13-16)28-17-7-3-2-4-8-17/h2-4,7-8,10-11,13,18H,5-6,9,12,14H2,1H3,(H,24,27)/t18-/m0/s1. The molecule has 0 saturated carbocycles. The maximum atomic E-state index is 12.9. The van der Waals surface area contributed by atoms with Gasteiger partial charge in [-0.2, -0.15) is 4.98 Å². The van der Waals surface area contributed by atoms with Crippen molar-refractivity contribution < 1.29 is 14.1 Å². The van der Waals surface area contributed by atoms with Gasteiger partial charge in [0.1, 0.15) is 5.75 Å². The Morgan fingerprint density at radius 3 is 2.83 bits per heavy atom. The molecule has 3 heterocycles. The Labute approximate surface area is 168 Å². The molecule has 1 aliphatic heterocycles. The molecular weight excluding hydrogens is 370 g/mol. The molecule has 1 atom stereocenters. The quantitative estimate of drug-likeness (QED) is 0.684. The van der Waals surface area contributed by atoms with E-state index in [2.05, 4.69) is 25.3 Å². The van der Waals surface area contributed by atoms with Crippen molar-refractivity contribution in [3.63, 3.8) is 0 Å². The Morgan fingerprint density at radius 2 is 2.10 bits per heavy atom. The highest BCUT2D eigenvalue weighted by Gasteiger charge is 2.30. The highest BCUT2D eigenvalue weighted by atomic mass is 16.5. The van der Waals surface area contributed by atoms with Crippen molar-refractivity contribution >= 4 is 11.6 Å². The minimum Gasteiger partial charge on any atom is -0.439 e. The van der Waals surface area contributed by atoms with Crippen LogP contribution in [0.1, 0.15) is 31.0 Å². The van der Waals surface area contributed by atoms with Gasteiger partial charge in [0.15, 0.2) is 5.82 Å². The number of pyridine rings is 1. The molecule has 0 aliphatic carbocycles. The van der Waals surface area contributed by atoms with Crippen LogP contribution in [0.25, 0.3) is 0 Å². The fourth-order valence-corrected chi connectivity index (χ4v) is 3.40. The maximum absolute atomic E-state index is 12.9. The van der Waals surface area contributed by atoms with E-state index < -0.39 is 0 Å². The minimum absolute atomic E-state index is 0.0561. The zero-order chi connectivity index (χ0) is 20.1. The number of hydrogen-bond donors (Lipinski definition) is 1. The third-order valence-corrected chi connectivity index (χ3v) is 4.79. The monoisotopic (exact) mass is 393 g/mol. The average molecular weight is 393 g/mol. The van der Waals surface area contributed by atoms with E-state index in [9.17, 15) is 4.79 Å². The number of nitrogens with one attached hydrogen (secondary N) is 1. The first-order valence-electron chi connectivity index (χ1n) is 9.70. The Morgan fingerprint density at radius 1 is 1.24 bits per heavy atom. The molecule has 1 saturated heterocycles. The molecule has 1 aliphatic rings. The molecule has 1 amide bonds. The second kappa shape index (κ2) is 8.83. The molecule has 0 bridgehead atoms.